The lowest BCUT2D eigenvalue weighted by Crippen LogP contribution is -2.59. The first kappa shape index (κ1) is 17.2. The Labute approximate surface area is 148 Å². The number of hydrogen-bond donors (Lipinski definition) is 2. The molecule has 0 radical (unpaired) electrons. The van der Waals surface area contributed by atoms with Crippen molar-refractivity contribution in [3.8, 4) is 5.75 Å². The topological polar surface area (TPSA) is 53.6 Å². The molecule has 1 aromatic rings. The minimum absolute atomic E-state index is 0.0720. The van der Waals surface area contributed by atoms with Crippen LogP contribution in [0.1, 0.15) is 37.0 Å². The number of nitrogens with zero attached hydrogens (tertiary/aromatic N) is 1. The number of benzene rings is 1. The summed E-state index contributed by atoms with van der Waals surface area (Å²) in [6.45, 7) is 7.30. The number of carbonyl (C=O) groups is 1. The number of rotatable bonds is 4. The zero-order chi connectivity index (χ0) is 17.1. The molecule has 0 saturated carbocycles. The van der Waals surface area contributed by atoms with Gasteiger partial charge in [0.25, 0.3) is 5.91 Å². The van der Waals surface area contributed by atoms with Gasteiger partial charge in [-0.15, -0.1) is 0 Å². The predicted octanol–water partition coefficient (Wildman–Crippen LogP) is 2.17. The summed E-state index contributed by atoms with van der Waals surface area (Å²) >= 11 is 5.34. The summed E-state index contributed by atoms with van der Waals surface area (Å²) in [6, 6.07) is 7.51. The third-order valence-corrected chi connectivity index (χ3v) is 4.89. The van der Waals surface area contributed by atoms with E-state index in [1.165, 1.54) is 25.9 Å². The van der Waals surface area contributed by atoms with Gasteiger partial charge in [-0.25, -0.2) is 0 Å². The van der Waals surface area contributed by atoms with Crippen molar-refractivity contribution >= 4 is 23.2 Å². The second-order valence-electron chi connectivity index (χ2n) is 6.87. The van der Waals surface area contributed by atoms with Gasteiger partial charge >= 0.3 is 0 Å². The van der Waals surface area contributed by atoms with Crippen molar-refractivity contribution in [1.29, 1.82) is 0 Å². The largest absolute Gasteiger partial charge is 0.491 e. The van der Waals surface area contributed by atoms with E-state index >= 15 is 0 Å². The van der Waals surface area contributed by atoms with Crippen molar-refractivity contribution in [2.75, 3.05) is 19.6 Å². The van der Waals surface area contributed by atoms with Gasteiger partial charge < -0.3 is 15.0 Å². The van der Waals surface area contributed by atoms with Crippen LogP contribution < -0.4 is 15.4 Å². The Morgan fingerprint density at radius 3 is 2.71 bits per heavy atom. The molecule has 3 saturated heterocycles. The number of thiocarbonyl (C=S) groups is 1. The zero-order valence-corrected chi connectivity index (χ0v) is 15.1. The monoisotopic (exact) mass is 347 g/mol. The van der Waals surface area contributed by atoms with E-state index in [1.807, 2.05) is 26.0 Å². The fourth-order valence-corrected chi connectivity index (χ4v) is 3.74. The third-order valence-electron chi connectivity index (χ3n) is 4.67. The predicted molar refractivity (Wildman–Crippen MR) is 98.4 cm³/mol. The first-order valence-electron chi connectivity index (χ1n) is 8.62. The van der Waals surface area contributed by atoms with Crippen molar-refractivity contribution in [2.45, 2.75) is 38.8 Å². The summed E-state index contributed by atoms with van der Waals surface area (Å²) in [5, 5.41) is 6.53. The molecule has 3 aliphatic rings. The van der Waals surface area contributed by atoms with Crippen molar-refractivity contribution in [3.63, 3.8) is 0 Å². The number of amides is 1. The summed E-state index contributed by atoms with van der Waals surface area (Å²) in [5.41, 5.74) is 0.547. The van der Waals surface area contributed by atoms with Gasteiger partial charge in [0.05, 0.1) is 6.10 Å². The van der Waals surface area contributed by atoms with Crippen molar-refractivity contribution in [1.82, 2.24) is 15.5 Å². The van der Waals surface area contributed by atoms with E-state index in [-0.39, 0.29) is 12.0 Å². The van der Waals surface area contributed by atoms with E-state index in [9.17, 15) is 4.79 Å². The molecule has 3 aliphatic heterocycles. The second-order valence-corrected chi connectivity index (χ2v) is 7.27. The van der Waals surface area contributed by atoms with Gasteiger partial charge in [-0.05, 0) is 76.1 Å². The molecule has 130 valence electrons. The first-order valence-corrected chi connectivity index (χ1v) is 9.03. The van der Waals surface area contributed by atoms with Crippen LogP contribution >= 0.6 is 12.2 Å². The second kappa shape index (κ2) is 7.49. The minimum atomic E-state index is -0.206. The Balaban J connectivity index is 1.55. The normalized spacial score (nSPS) is 25.4. The fourth-order valence-electron chi connectivity index (χ4n) is 3.49. The maximum Gasteiger partial charge on any atom is 0.257 e. The van der Waals surface area contributed by atoms with Crippen LogP contribution in [-0.4, -0.2) is 47.7 Å². The molecule has 0 spiro atoms. The third kappa shape index (κ3) is 4.24. The molecule has 0 aliphatic carbocycles. The highest BCUT2D eigenvalue weighted by Crippen LogP contribution is 2.27. The minimum Gasteiger partial charge on any atom is -0.491 e. The van der Waals surface area contributed by atoms with E-state index in [4.69, 9.17) is 17.0 Å². The zero-order valence-electron chi connectivity index (χ0n) is 14.2. The molecule has 24 heavy (non-hydrogen) atoms. The highest BCUT2D eigenvalue weighted by molar-refractivity contribution is 7.80. The van der Waals surface area contributed by atoms with Crippen molar-refractivity contribution < 1.29 is 9.53 Å². The lowest BCUT2D eigenvalue weighted by Gasteiger charge is -2.45. The van der Waals surface area contributed by atoms with Gasteiger partial charge in [0.1, 0.15) is 5.75 Å². The molecule has 0 aromatic heterocycles. The number of nitrogens with one attached hydrogen (secondary N) is 2. The highest BCUT2D eigenvalue weighted by Gasteiger charge is 2.34. The molecule has 1 amide bonds. The number of fused-ring (bicyclic) bond motifs is 3. The lowest BCUT2D eigenvalue weighted by molar-refractivity contribution is 0.0807. The van der Waals surface area contributed by atoms with Gasteiger partial charge in [0, 0.05) is 18.2 Å². The molecule has 6 heteroatoms. The smallest absolute Gasteiger partial charge is 0.257 e. The Kier molecular flexibility index (Phi) is 5.36. The van der Waals surface area contributed by atoms with Gasteiger partial charge in [-0.3, -0.25) is 10.1 Å². The highest BCUT2D eigenvalue weighted by atomic mass is 32.1. The summed E-state index contributed by atoms with van der Waals surface area (Å²) in [5.74, 6) is 1.14. The molecule has 2 N–H and O–H groups in total. The number of carbonyl (C=O) groups excluding carboxylic acids is 1. The van der Waals surface area contributed by atoms with Crippen LogP contribution in [0.2, 0.25) is 0 Å². The Morgan fingerprint density at radius 1 is 1.33 bits per heavy atom. The molecule has 5 nitrogen and oxygen atoms in total. The van der Waals surface area contributed by atoms with Gasteiger partial charge in [-0.1, -0.05) is 6.07 Å². The molecule has 3 heterocycles. The van der Waals surface area contributed by atoms with E-state index in [0.717, 1.165) is 6.54 Å². The van der Waals surface area contributed by atoms with E-state index in [0.29, 0.717) is 28.4 Å². The average molecular weight is 347 g/mol. The molecular weight excluding hydrogens is 322 g/mol. The summed E-state index contributed by atoms with van der Waals surface area (Å²) in [7, 11) is 0. The van der Waals surface area contributed by atoms with Crippen molar-refractivity contribution in [3.05, 3.63) is 29.8 Å². The number of ether oxygens (including phenoxy) is 1. The number of hydrogen-bond acceptors (Lipinski definition) is 4. The average Bonchev–Trinajstić information content (AvgIpc) is 2.55. The Bertz CT molecular complexity index is 612. The van der Waals surface area contributed by atoms with Crippen LogP contribution in [0.25, 0.3) is 0 Å². The fraction of sp³-hybridized carbons (Fsp3) is 0.556. The standard InChI is InChI=1S/C18H25N3O2S/c1-12(2)23-15-5-3-4-14(10-15)17(22)20-18(24)19-16-11-21-8-6-13(16)7-9-21/h3-5,10,12-13,16H,6-9,11H2,1-2H3,(H2,19,20,22,24). The van der Waals surface area contributed by atoms with Crippen LogP contribution in [0.5, 0.6) is 5.75 Å². The maximum absolute atomic E-state index is 12.4. The SMILES string of the molecule is CC(C)Oc1cccc(C(=O)NC(=S)NC2CN3CCC2CC3)c1. The van der Waals surface area contributed by atoms with Crippen LogP contribution in [0.3, 0.4) is 0 Å². The van der Waals surface area contributed by atoms with Crippen LogP contribution in [-0.2, 0) is 0 Å². The molecule has 4 rings (SSSR count). The molecule has 2 bridgehead atoms. The van der Waals surface area contributed by atoms with Crippen molar-refractivity contribution in [2.24, 2.45) is 5.92 Å². The summed E-state index contributed by atoms with van der Waals surface area (Å²) in [4.78, 5) is 14.8. The first-order chi connectivity index (χ1) is 11.5. The maximum atomic E-state index is 12.4. The van der Waals surface area contributed by atoms with Crippen LogP contribution in [0.15, 0.2) is 24.3 Å². The summed E-state index contributed by atoms with van der Waals surface area (Å²) in [6.07, 6.45) is 2.49. The molecular formula is C18H25N3O2S. The summed E-state index contributed by atoms with van der Waals surface area (Å²) < 4.78 is 5.63. The quantitative estimate of drug-likeness (QED) is 0.818. The van der Waals surface area contributed by atoms with Crippen LogP contribution in [0.4, 0.5) is 0 Å². The lowest BCUT2D eigenvalue weighted by atomic mass is 9.84. The molecule has 1 aromatic carbocycles. The Morgan fingerprint density at radius 2 is 2.08 bits per heavy atom. The van der Waals surface area contributed by atoms with E-state index in [2.05, 4.69) is 15.5 Å². The molecule has 3 fully saturated rings. The molecule has 1 unspecified atom stereocenters. The molecule has 1 atom stereocenters. The Hall–Kier alpha value is -1.66. The van der Waals surface area contributed by atoms with Gasteiger partial charge in [0.2, 0.25) is 0 Å². The van der Waals surface area contributed by atoms with Gasteiger partial charge in [-0.2, -0.15) is 0 Å². The van der Waals surface area contributed by atoms with Crippen LogP contribution in [0, 0.1) is 5.92 Å². The van der Waals surface area contributed by atoms with E-state index < -0.39 is 0 Å². The van der Waals surface area contributed by atoms with Gasteiger partial charge in [0.15, 0.2) is 5.11 Å². The number of piperidine rings is 3. The van der Waals surface area contributed by atoms with E-state index in [1.54, 1.807) is 12.1 Å².